The summed E-state index contributed by atoms with van der Waals surface area (Å²) in [5, 5.41) is 6.43. The van der Waals surface area contributed by atoms with Crippen LogP contribution in [0.1, 0.15) is 20.7 Å². The van der Waals surface area contributed by atoms with Crippen LogP contribution in [0.15, 0.2) is 72.9 Å². The number of para-hydroxylation sites is 1. The van der Waals surface area contributed by atoms with E-state index in [2.05, 4.69) is 15.6 Å². The van der Waals surface area contributed by atoms with Crippen molar-refractivity contribution >= 4 is 45.7 Å². The smallest absolute Gasteiger partial charge is 0.258 e. The molecule has 0 bridgehead atoms. The first-order valence-corrected chi connectivity index (χ1v) is 9.93. The lowest BCUT2D eigenvalue weighted by atomic mass is 10.1. The molecule has 0 unspecified atom stereocenters. The predicted molar refractivity (Wildman–Crippen MR) is 122 cm³/mol. The number of nitrogens with zero attached hydrogens (tertiary/aromatic N) is 1. The first-order chi connectivity index (χ1) is 15.5. The van der Waals surface area contributed by atoms with Crippen LogP contribution in [0.25, 0.3) is 10.9 Å². The number of hydrogen-bond acceptors (Lipinski definition) is 4. The molecule has 2 N–H and O–H groups in total. The van der Waals surface area contributed by atoms with Gasteiger partial charge in [0.1, 0.15) is 11.6 Å². The van der Waals surface area contributed by atoms with E-state index in [1.165, 1.54) is 25.3 Å². The van der Waals surface area contributed by atoms with Crippen LogP contribution in [-0.2, 0) is 0 Å². The molecule has 4 aromatic rings. The number of amides is 2. The molecule has 8 heteroatoms. The fourth-order valence-electron chi connectivity index (χ4n) is 3.23. The fourth-order valence-corrected chi connectivity index (χ4v) is 3.39. The molecule has 0 saturated heterocycles. The van der Waals surface area contributed by atoms with E-state index in [0.29, 0.717) is 22.5 Å². The lowest BCUT2D eigenvalue weighted by molar-refractivity contribution is 0.101. The molecule has 0 aliphatic heterocycles. The number of aromatic nitrogens is 1. The number of halogens is 2. The van der Waals surface area contributed by atoms with Crippen LogP contribution < -0.4 is 15.4 Å². The van der Waals surface area contributed by atoms with Crippen molar-refractivity contribution in [3.63, 3.8) is 0 Å². The second-order valence-electron chi connectivity index (χ2n) is 6.83. The number of nitrogens with one attached hydrogen (secondary N) is 2. The molecule has 3 aromatic carbocycles. The van der Waals surface area contributed by atoms with Gasteiger partial charge in [-0.05, 0) is 48.5 Å². The standard InChI is InChI=1S/C24H17ClFN3O3/c1-32-21-10-8-16(13-20(21)29-23(30)17-9-7-15(25)12-19(17)26)28-24(31)18-6-2-4-14-5-3-11-27-22(14)18/h2-13H,1H3,(H,28,31)(H,29,30). The van der Waals surface area contributed by atoms with E-state index < -0.39 is 11.7 Å². The van der Waals surface area contributed by atoms with Crippen LogP contribution in [0.2, 0.25) is 5.02 Å². The lowest BCUT2D eigenvalue weighted by Gasteiger charge is -2.13. The van der Waals surface area contributed by atoms with Gasteiger partial charge in [-0.1, -0.05) is 29.8 Å². The number of methoxy groups -OCH3 is 1. The molecule has 0 aliphatic carbocycles. The Morgan fingerprint density at radius 3 is 2.50 bits per heavy atom. The third-order valence-corrected chi connectivity index (χ3v) is 4.99. The first-order valence-electron chi connectivity index (χ1n) is 9.56. The largest absolute Gasteiger partial charge is 0.495 e. The Balaban J connectivity index is 1.60. The van der Waals surface area contributed by atoms with E-state index in [1.807, 2.05) is 12.1 Å². The van der Waals surface area contributed by atoms with Crippen molar-refractivity contribution in [2.45, 2.75) is 0 Å². The molecule has 0 radical (unpaired) electrons. The Kier molecular flexibility index (Phi) is 6.00. The highest BCUT2D eigenvalue weighted by molar-refractivity contribution is 6.30. The molecule has 4 rings (SSSR count). The number of ether oxygens (including phenoxy) is 1. The van der Waals surface area contributed by atoms with Crippen LogP contribution in [0.3, 0.4) is 0 Å². The maximum absolute atomic E-state index is 14.1. The number of benzene rings is 3. The number of fused-ring (bicyclic) bond motifs is 1. The second kappa shape index (κ2) is 9.03. The van der Waals surface area contributed by atoms with Crippen molar-refractivity contribution < 1.29 is 18.7 Å². The summed E-state index contributed by atoms with van der Waals surface area (Å²) in [5.41, 5.74) is 1.49. The van der Waals surface area contributed by atoms with Gasteiger partial charge in [-0.3, -0.25) is 14.6 Å². The molecule has 160 valence electrons. The average molecular weight is 450 g/mol. The van der Waals surface area contributed by atoms with Gasteiger partial charge < -0.3 is 15.4 Å². The summed E-state index contributed by atoms with van der Waals surface area (Å²) in [4.78, 5) is 29.7. The first kappa shape index (κ1) is 21.3. The fraction of sp³-hybridized carbons (Fsp3) is 0.0417. The van der Waals surface area contributed by atoms with Gasteiger partial charge in [0.25, 0.3) is 11.8 Å². The molecular formula is C24H17ClFN3O3. The maximum atomic E-state index is 14.1. The summed E-state index contributed by atoms with van der Waals surface area (Å²) in [7, 11) is 1.44. The summed E-state index contributed by atoms with van der Waals surface area (Å²) < 4.78 is 19.4. The van der Waals surface area contributed by atoms with Gasteiger partial charge in [-0.2, -0.15) is 0 Å². The van der Waals surface area contributed by atoms with Gasteiger partial charge in [-0.25, -0.2) is 4.39 Å². The summed E-state index contributed by atoms with van der Waals surface area (Å²) in [6.07, 6.45) is 1.62. The van der Waals surface area contributed by atoms with E-state index in [9.17, 15) is 14.0 Å². The van der Waals surface area contributed by atoms with Crippen LogP contribution in [0.5, 0.6) is 5.75 Å². The van der Waals surface area contributed by atoms with Crippen molar-refractivity contribution in [3.8, 4) is 5.75 Å². The highest BCUT2D eigenvalue weighted by Crippen LogP contribution is 2.29. The van der Waals surface area contributed by atoms with E-state index in [-0.39, 0.29) is 22.2 Å². The third kappa shape index (κ3) is 4.38. The quantitative estimate of drug-likeness (QED) is 0.419. The zero-order valence-electron chi connectivity index (χ0n) is 16.9. The zero-order chi connectivity index (χ0) is 22.7. The summed E-state index contributed by atoms with van der Waals surface area (Å²) in [6, 6.07) is 17.5. The van der Waals surface area contributed by atoms with Gasteiger partial charge >= 0.3 is 0 Å². The predicted octanol–water partition coefficient (Wildman–Crippen LogP) is 5.54. The molecule has 6 nitrogen and oxygen atoms in total. The van der Waals surface area contributed by atoms with Crippen LogP contribution in [0.4, 0.5) is 15.8 Å². The summed E-state index contributed by atoms with van der Waals surface area (Å²) in [5.74, 6) is -1.45. The number of rotatable bonds is 5. The van der Waals surface area contributed by atoms with E-state index in [0.717, 1.165) is 11.5 Å². The highest BCUT2D eigenvalue weighted by Gasteiger charge is 2.16. The van der Waals surface area contributed by atoms with Crippen molar-refractivity contribution in [1.29, 1.82) is 0 Å². The van der Waals surface area contributed by atoms with Crippen molar-refractivity contribution in [1.82, 2.24) is 4.98 Å². The van der Waals surface area contributed by atoms with E-state index in [1.54, 1.807) is 36.5 Å². The Labute approximate surface area is 188 Å². The molecule has 0 saturated carbocycles. The minimum atomic E-state index is -0.748. The second-order valence-corrected chi connectivity index (χ2v) is 7.26. The Morgan fingerprint density at radius 2 is 1.72 bits per heavy atom. The maximum Gasteiger partial charge on any atom is 0.258 e. The number of pyridine rings is 1. The molecular weight excluding hydrogens is 433 g/mol. The molecule has 2 amide bonds. The SMILES string of the molecule is COc1ccc(NC(=O)c2cccc3cccnc23)cc1NC(=O)c1ccc(Cl)cc1F. The Morgan fingerprint density at radius 1 is 0.938 bits per heavy atom. The minimum Gasteiger partial charge on any atom is -0.495 e. The lowest BCUT2D eigenvalue weighted by Crippen LogP contribution is -2.16. The van der Waals surface area contributed by atoms with Crippen molar-refractivity contribution in [2.75, 3.05) is 17.7 Å². The molecule has 0 atom stereocenters. The third-order valence-electron chi connectivity index (χ3n) is 4.76. The molecule has 0 spiro atoms. The zero-order valence-corrected chi connectivity index (χ0v) is 17.6. The average Bonchev–Trinajstić information content (AvgIpc) is 2.78. The van der Waals surface area contributed by atoms with Crippen LogP contribution in [0, 0.1) is 5.82 Å². The molecule has 0 fully saturated rings. The molecule has 0 aliphatic rings. The van der Waals surface area contributed by atoms with Crippen molar-refractivity contribution in [3.05, 3.63) is 94.9 Å². The van der Waals surface area contributed by atoms with Crippen LogP contribution >= 0.6 is 11.6 Å². The summed E-state index contributed by atoms with van der Waals surface area (Å²) >= 11 is 5.75. The summed E-state index contributed by atoms with van der Waals surface area (Å²) in [6.45, 7) is 0. The normalized spacial score (nSPS) is 10.6. The highest BCUT2D eigenvalue weighted by atomic mass is 35.5. The monoisotopic (exact) mass is 449 g/mol. The minimum absolute atomic E-state index is 0.173. The number of carbonyl (C=O) groups is 2. The topological polar surface area (TPSA) is 80.3 Å². The van der Waals surface area contributed by atoms with Gasteiger partial charge in [0, 0.05) is 22.3 Å². The Hall–Kier alpha value is -3.97. The molecule has 1 heterocycles. The van der Waals surface area contributed by atoms with E-state index >= 15 is 0 Å². The van der Waals surface area contributed by atoms with Crippen LogP contribution in [-0.4, -0.2) is 23.9 Å². The number of anilines is 2. The van der Waals surface area contributed by atoms with Gasteiger partial charge in [-0.15, -0.1) is 0 Å². The Bertz CT molecular complexity index is 1340. The molecule has 1 aromatic heterocycles. The number of hydrogen-bond donors (Lipinski definition) is 2. The van der Waals surface area contributed by atoms with Gasteiger partial charge in [0.15, 0.2) is 0 Å². The van der Waals surface area contributed by atoms with Gasteiger partial charge in [0.2, 0.25) is 0 Å². The number of carbonyl (C=O) groups excluding carboxylic acids is 2. The molecule has 32 heavy (non-hydrogen) atoms. The van der Waals surface area contributed by atoms with Gasteiger partial charge in [0.05, 0.1) is 29.4 Å². The van der Waals surface area contributed by atoms with Crippen molar-refractivity contribution in [2.24, 2.45) is 0 Å². The van der Waals surface area contributed by atoms with E-state index in [4.69, 9.17) is 16.3 Å².